The molecule has 5 nitrogen and oxygen atoms in total. The van der Waals surface area contributed by atoms with Crippen LogP contribution < -0.4 is 5.73 Å². The molecule has 2 unspecified atom stereocenters. The van der Waals surface area contributed by atoms with Crippen molar-refractivity contribution in [1.82, 2.24) is 4.90 Å². The highest BCUT2D eigenvalue weighted by atomic mass is 16.5. The summed E-state index contributed by atoms with van der Waals surface area (Å²) in [5.74, 6) is 0.327. The van der Waals surface area contributed by atoms with Crippen molar-refractivity contribution in [2.24, 2.45) is 5.92 Å². The Morgan fingerprint density at radius 1 is 1.30 bits per heavy atom. The fourth-order valence-corrected chi connectivity index (χ4v) is 4.98. The Morgan fingerprint density at radius 3 is 2.67 bits per heavy atom. The lowest BCUT2D eigenvalue weighted by Crippen LogP contribution is -2.40. The quantitative estimate of drug-likeness (QED) is 0.618. The molecule has 2 bridgehead atoms. The number of hydrogen-bond donors (Lipinski definition) is 2. The van der Waals surface area contributed by atoms with E-state index in [0.29, 0.717) is 42.3 Å². The van der Waals surface area contributed by atoms with Gasteiger partial charge in [-0.1, -0.05) is 18.2 Å². The summed E-state index contributed by atoms with van der Waals surface area (Å²) >= 11 is 0. The van der Waals surface area contributed by atoms with Crippen LogP contribution in [0, 0.1) is 11.3 Å². The van der Waals surface area contributed by atoms with Crippen LogP contribution in [0.1, 0.15) is 49.7 Å². The van der Waals surface area contributed by atoms with Gasteiger partial charge < -0.3 is 15.4 Å². The number of anilines is 1. The fourth-order valence-electron chi connectivity index (χ4n) is 4.98. The Hall–Kier alpha value is -1.98. The number of nitrogens with one attached hydrogen (secondary N) is 1. The normalized spacial score (nSPS) is 28.0. The molecule has 3 heterocycles. The van der Waals surface area contributed by atoms with Gasteiger partial charge in [0.15, 0.2) is 5.78 Å². The number of nitrogens with two attached hydrogens (primary N) is 1. The highest BCUT2D eigenvalue weighted by molar-refractivity contribution is 6.46. The Labute approximate surface area is 161 Å². The first-order chi connectivity index (χ1) is 13.0. The predicted octanol–water partition coefficient (Wildman–Crippen LogP) is 3.27. The highest BCUT2D eigenvalue weighted by Crippen LogP contribution is 2.39. The summed E-state index contributed by atoms with van der Waals surface area (Å²) in [6, 6.07) is 6.94. The molecular formula is C22H29N3O2. The molecule has 0 saturated carbocycles. The smallest absolute Gasteiger partial charge is 0.181 e. The maximum atomic E-state index is 12.7. The number of piperidine rings is 1. The molecule has 0 amide bonds. The Kier molecular flexibility index (Phi) is 5.15. The first kappa shape index (κ1) is 18.4. The van der Waals surface area contributed by atoms with Crippen molar-refractivity contribution < 1.29 is 9.53 Å². The molecule has 2 fully saturated rings. The molecule has 3 aliphatic rings. The summed E-state index contributed by atoms with van der Waals surface area (Å²) in [6.45, 7) is 1.35. The summed E-state index contributed by atoms with van der Waals surface area (Å²) < 4.78 is 5.35. The van der Waals surface area contributed by atoms with E-state index in [1.807, 2.05) is 18.2 Å². The lowest BCUT2D eigenvalue weighted by atomic mass is 9.85. The number of carbonyl (C=O) groups excluding carboxylic acids is 1. The molecule has 4 rings (SSSR count). The molecule has 5 heteroatoms. The van der Waals surface area contributed by atoms with Crippen molar-refractivity contribution >= 4 is 22.8 Å². The number of ether oxygens (including phenoxy) is 1. The average molecular weight is 367 g/mol. The van der Waals surface area contributed by atoms with Crippen molar-refractivity contribution in [3.8, 4) is 0 Å². The third kappa shape index (κ3) is 3.71. The van der Waals surface area contributed by atoms with Gasteiger partial charge in [0.25, 0.3) is 0 Å². The molecule has 0 aliphatic carbocycles. The SMILES string of the molecule is CN1C2CCC1CC(CC(=O)C(=N)c1ccc(C3=CCOCC3)cc1N)C2. The molecule has 3 aliphatic heterocycles. The molecule has 0 spiro atoms. The molecule has 2 saturated heterocycles. The Bertz CT molecular complexity index is 772. The number of fused-ring (bicyclic) bond motifs is 2. The minimum atomic E-state index is -0.0753. The van der Waals surface area contributed by atoms with Gasteiger partial charge in [-0.2, -0.15) is 0 Å². The van der Waals surface area contributed by atoms with Crippen LogP contribution >= 0.6 is 0 Å². The van der Waals surface area contributed by atoms with E-state index >= 15 is 0 Å². The summed E-state index contributed by atoms with van der Waals surface area (Å²) in [5, 5.41) is 8.39. The van der Waals surface area contributed by atoms with Crippen molar-refractivity contribution in [2.45, 2.75) is 50.6 Å². The van der Waals surface area contributed by atoms with E-state index in [1.54, 1.807) is 0 Å². The van der Waals surface area contributed by atoms with Crippen LogP contribution in [0.3, 0.4) is 0 Å². The van der Waals surface area contributed by atoms with Gasteiger partial charge in [-0.3, -0.25) is 10.2 Å². The monoisotopic (exact) mass is 367 g/mol. The molecule has 144 valence electrons. The van der Waals surface area contributed by atoms with Crippen LogP contribution in [0.25, 0.3) is 5.57 Å². The number of benzene rings is 1. The van der Waals surface area contributed by atoms with Crippen LogP contribution in [0.4, 0.5) is 5.69 Å². The molecule has 1 aromatic rings. The topological polar surface area (TPSA) is 79.4 Å². The van der Waals surface area contributed by atoms with Crippen LogP contribution in [-0.4, -0.2) is 48.7 Å². The predicted molar refractivity (Wildman–Crippen MR) is 108 cm³/mol. The fraction of sp³-hybridized carbons (Fsp3) is 0.545. The van der Waals surface area contributed by atoms with Crippen LogP contribution in [0.15, 0.2) is 24.3 Å². The second-order valence-corrected chi connectivity index (χ2v) is 8.25. The summed E-state index contributed by atoms with van der Waals surface area (Å²) in [6.07, 6.45) is 8.07. The molecule has 0 radical (unpaired) electrons. The van der Waals surface area contributed by atoms with E-state index < -0.39 is 0 Å². The van der Waals surface area contributed by atoms with Crippen molar-refractivity contribution in [1.29, 1.82) is 5.41 Å². The highest BCUT2D eigenvalue weighted by Gasteiger charge is 2.39. The molecular weight excluding hydrogens is 338 g/mol. The van der Waals surface area contributed by atoms with Crippen LogP contribution in [0.2, 0.25) is 0 Å². The summed E-state index contributed by atoms with van der Waals surface area (Å²) in [7, 11) is 2.21. The van der Waals surface area contributed by atoms with Gasteiger partial charge >= 0.3 is 0 Å². The van der Waals surface area contributed by atoms with Gasteiger partial charge in [-0.15, -0.1) is 0 Å². The number of Topliss-reactive ketones (excluding diaryl/α,β-unsaturated/α-hetero) is 1. The number of nitrogen functional groups attached to an aromatic ring is 1. The molecule has 27 heavy (non-hydrogen) atoms. The van der Waals surface area contributed by atoms with E-state index in [2.05, 4.69) is 18.0 Å². The van der Waals surface area contributed by atoms with Gasteiger partial charge in [0.1, 0.15) is 5.71 Å². The third-order valence-electron chi connectivity index (χ3n) is 6.60. The van der Waals surface area contributed by atoms with Crippen LogP contribution in [0.5, 0.6) is 0 Å². The Morgan fingerprint density at radius 2 is 2.04 bits per heavy atom. The standard InChI is InChI=1S/C22H29N3O2/c1-25-17-3-4-18(25)11-14(10-17)12-21(26)22(24)19-5-2-16(13-20(19)23)15-6-8-27-9-7-15/h2,5-6,13-14,17-18,24H,3-4,7-12,23H2,1H3. The zero-order valence-corrected chi connectivity index (χ0v) is 16.0. The minimum absolute atomic E-state index is 0.0614. The number of hydrogen-bond acceptors (Lipinski definition) is 5. The van der Waals surface area contributed by atoms with Crippen molar-refractivity contribution in [3.63, 3.8) is 0 Å². The number of carbonyl (C=O) groups is 1. The molecule has 1 aromatic carbocycles. The number of nitrogens with zero attached hydrogens (tertiary/aromatic N) is 1. The lowest BCUT2D eigenvalue weighted by Gasteiger charge is -2.36. The Balaban J connectivity index is 1.43. The van der Waals surface area contributed by atoms with Crippen molar-refractivity contribution in [2.75, 3.05) is 26.0 Å². The molecule has 0 aromatic heterocycles. The molecule has 3 N–H and O–H groups in total. The zero-order chi connectivity index (χ0) is 19.0. The van der Waals surface area contributed by atoms with Gasteiger partial charge in [0.05, 0.1) is 13.2 Å². The maximum absolute atomic E-state index is 12.7. The van der Waals surface area contributed by atoms with Gasteiger partial charge in [0.2, 0.25) is 0 Å². The third-order valence-corrected chi connectivity index (χ3v) is 6.60. The van der Waals surface area contributed by atoms with Gasteiger partial charge in [-0.25, -0.2) is 0 Å². The molecule has 2 atom stereocenters. The maximum Gasteiger partial charge on any atom is 0.181 e. The van der Waals surface area contributed by atoms with E-state index in [0.717, 1.165) is 31.4 Å². The van der Waals surface area contributed by atoms with Gasteiger partial charge in [0, 0.05) is 29.8 Å². The van der Waals surface area contributed by atoms with E-state index in [9.17, 15) is 4.79 Å². The average Bonchev–Trinajstić information content (AvgIpc) is 2.89. The summed E-state index contributed by atoms with van der Waals surface area (Å²) in [4.78, 5) is 15.2. The van der Waals surface area contributed by atoms with E-state index in [-0.39, 0.29) is 11.5 Å². The number of rotatable bonds is 5. The van der Waals surface area contributed by atoms with Crippen LogP contribution in [-0.2, 0) is 9.53 Å². The van der Waals surface area contributed by atoms with E-state index in [4.69, 9.17) is 15.9 Å². The van der Waals surface area contributed by atoms with E-state index in [1.165, 1.54) is 18.4 Å². The largest absolute Gasteiger partial charge is 0.398 e. The van der Waals surface area contributed by atoms with Crippen molar-refractivity contribution in [3.05, 3.63) is 35.4 Å². The van der Waals surface area contributed by atoms with Gasteiger partial charge in [-0.05, 0) is 62.3 Å². The zero-order valence-electron chi connectivity index (χ0n) is 16.0. The lowest BCUT2D eigenvalue weighted by molar-refractivity contribution is -0.114. The first-order valence-electron chi connectivity index (χ1n) is 10.0. The second-order valence-electron chi connectivity index (χ2n) is 8.25. The minimum Gasteiger partial charge on any atom is -0.398 e. The first-order valence-corrected chi connectivity index (χ1v) is 10.0. The number of ketones is 1. The second kappa shape index (κ2) is 7.56. The summed E-state index contributed by atoms with van der Waals surface area (Å²) in [5.41, 5.74) is 9.64.